The van der Waals surface area contributed by atoms with E-state index in [4.69, 9.17) is 5.73 Å². The molecule has 1 unspecified atom stereocenters. The third-order valence-corrected chi connectivity index (χ3v) is 2.91. The third kappa shape index (κ3) is 1.85. The fourth-order valence-electron chi connectivity index (χ4n) is 1.77. The predicted octanol–water partition coefficient (Wildman–Crippen LogP) is 2.61. The first-order valence-electron chi connectivity index (χ1n) is 5.27. The van der Waals surface area contributed by atoms with Crippen LogP contribution in [-0.2, 0) is 0 Å². The molecule has 1 aromatic heterocycles. The average molecular weight is 200 g/mol. The number of hydrogen-bond acceptors (Lipinski definition) is 2. The predicted molar refractivity (Wildman–Crippen MR) is 63.9 cm³/mol. The van der Waals surface area contributed by atoms with Gasteiger partial charge >= 0.3 is 0 Å². The van der Waals surface area contributed by atoms with E-state index < -0.39 is 0 Å². The van der Waals surface area contributed by atoms with Gasteiger partial charge in [0.05, 0.1) is 0 Å². The van der Waals surface area contributed by atoms with Crippen molar-refractivity contribution >= 4 is 10.8 Å². The largest absolute Gasteiger partial charge is 0.330 e. The Labute approximate surface area is 90.1 Å². The number of aryl methyl sites for hydroxylation is 1. The summed E-state index contributed by atoms with van der Waals surface area (Å²) in [4.78, 5) is 4.30. The van der Waals surface area contributed by atoms with Crippen molar-refractivity contribution in [3.05, 3.63) is 41.7 Å². The molecule has 15 heavy (non-hydrogen) atoms. The Morgan fingerprint density at radius 1 is 1.33 bits per heavy atom. The van der Waals surface area contributed by atoms with Crippen molar-refractivity contribution in [1.82, 2.24) is 4.98 Å². The molecule has 0 saturated heterocycles. The summed E-state index contributed by atoms with van der Waals surface area (Å²) in [5.74, 6) is 0.411. The second-order valence-electron chi connectivity index (χ2n) is 4.01. The van der Waals surface area contributed by atoms with Gasteiger partial charge in [-0.3, -0.25) is 4.98 Å². The lowest BCUT2D eigenvalue weighted by molar-refractivity contribution is 0.775. The minimum absolute atomic E-state index is 0.411. The molecule has 0 radical (unpaired) electrons. The monoisotopic (exact) mass is 200 g/mol. The van der Waals surface area contributed by atoms with Crippen LogP contribution in [0.15, 0.2) is 30.5 Å². The van der Waals surface area contributed by atoms with Crippen LogP contribution in [-0.4, -0.2) is 11.5 Å². The number of hydrogen-bond donors (Lipinski definition) is 1. The molecule has 0 saturated carbocycles. The van der Waals surface area contributed by atoms with Gasteiger partial charge in [-0.25, -0.2) is 0 Å². The van der Waals surface area contributed by atoms with E-state index in [0.717, 1.165) is 5.69 Å². The maximum absolute atomic E-state index is 5.67. The van der Waals surface area contributed by atoms with Gasteiger partial charge in [-0.05, 0) is 42.5 Å². The Bertz CT molecular complexity index is 477. The number of pyridine rings is 1. The summed E-state index contributed by atoms with van der Waals surface area (Å²) in [6.07, 6.45) is 1.85. The van der Waals surface area contributed by atoms with E-state index in [1.165, 1.54) is 16.3 Å². The van der Waals surface area contributed by atoms with Crippen LogP contribution in [0.3, 0.4) is 0 Å². The quantitative estimate of drug-likeness (QED) is 0.809. The molecular formula is C13H16N2. The van der Waals surface area contributed by atoms with Gasteiger partial charge in [0, 0.05) is 17.3 Å². The highest BCUT2D eigenvalue weighted by Gasteiger charge is 2.05. The molecule has 1 heterocycles. The summed E-state index contributed by atoms with van der Waals surface area (Å²) in [7, 11) is 0. The molecule has 2 aromatic rings. The second-order valence-corrected chi connectivity index (χ2v) is 4.01. The molecule has 0 aliphatic heterocycles. The zero-order valence-electron chi connectivity index (χ0n) is 9.20. The molecule has 0 spiro atoms. The number of rotatable bonds is 2. The summed E-state index contributed by atoms with van der Waals surface area (Å²) in [5.41, 5.74) is 8.05. The molecule has 2 heteroatoms. The maximum atomic E-state index is 5.67. The number of benzene rings is 1. The van der Waals surface area contributed by atoms with Gasteiger partial charge in [0.2, 0.25) is 0 Å². The highest BCUT2D eigenvalue weighted by atomic mass is 14.7. The number of nitrogens with zero attached hydrogens (tertiary/aromatic N) is 1. The lowest BCUT2D eigenvalue weighted by atomic mass is 9.98. The van der Waals surface area contributed by atoms with Crippen LogP contribution in [0.5, 0.6) is 0 Å². The van der Waals surface area contributed by atoms with E-state index in [-0.39, 0.29) is 0 Å². The van der Waals surface area contributed by atoms with Crippen LogP contribution in [0.1, 0.15) is 24.1 Å². The van der Waals surface area contributed by atoms with Gasteiger partial charge in [-0.2, -0.15) is 0 Å². The van der Waals surface area contributed by atoms with E-state index in [2.05, 4.69) is 30.1 Å². The first kappa shape index (κ1) is 10.1. The molecule has 2 rings (SSSR count). The van der Waals surface area contributed by atoms with Crippen LogP contribution < -0.4 is 5.73 Å². The zero-order chi connectivity index (χ0) is 10.8. The van der Waals surface area contributed by atoms with Crippen molar-refractivity contribution in [2.45, 2.75) is 19.8 Å². The highest BCUT2D eigenvalue weighted by Crippen LogP contribution is 2.22. The molecule has 2 N–H and O–H groups in total. The topological polar surface area (TPSA) is 38.9 Å². The highest BCUT2D eigenvalue weighted by molar-refractivity contribution is 5.84. The Morgan fingerprint density at radius 3 is 2.87 bits per heavy atom. The van der Waals surface area contributed by atoms with Crippen LogP contribution in [0.4, 0.5) is 0 Å². The van der Waals surface area contributed by atoms with E-state index >= 15 is 0 Å². The Kier molecular flexibility index (Phi) is 2.69. The van der Waals surface area contributed by atoms with E-state index in [1.807, 2.05) is 19.2 Å². The Balaban J connectivity index is 2.59. The van der Waals surface area contributed by atoms with Gasteiger partial charge in [-0.15, -0.1) is 0 Å². The van der Waals surface area contributed by atoms with E-state index in [9.17, 15) is 0 Å². The summed E-state index contributed by atoms with van der Waals surface area (Å²) < 4.78 is 0. The molecular weight excluding hydrogens is 184 g/mol. The lowest BCUT2D eigenvalue weighted by Crippen LogP contribution is -2.08. The van der Waals surface area contributed by atoms with Gasteiger partial charge in [0.25, 0.3) is 0 Å². The minimum Gasteiger partial charge on any atom is -0.330 e. The normalized spacial score (nSPS) is 13.0. The van der Waals surface area contributed by atoms with Crippen molar-refractivity contribution in [2.24, 2.45) is 5.73 Å². The number of nitrogens with two attached hydrogens (primary N) is 1. The molecule has 1 atom stereocenters. The van der Waals surface area contributed by atoms with E-state index in [1.54, 1.807) is 0 Å². The van der Waals surface area contributed by atoms with Gasteiger partial charge < -0.3 is 5.73 Å². The fourth-order valence-corrected chi connectivity index (χ4v) is 1.77. The van der Waals surface area contributed by atoms with Crippen LogP contribution in [0.2, 0.25) is 0 Å². The standard InChI is InChI=1S/C13H16N2/c1-9(8-14)12-4-3-11-5-6-15-10(2)13(11)7-12/h3-7,9H,8,14H2,1-2H3. The van der Waals surface area contributed by atoms with Gasteiger partial charge in [0.15, 0.2) is 0 Å². The van der Waals surface area contributed by atoms with Crippen molar-refractivity contribution in [1.29, 1.82) is 0 Å². The second kappa shape index (κ2) is 3.99. The van der Waals surface area contributed by atoms with Gasteiger partial charge in [-0.1, -0.05) is 19.1 Å². The number of fused-ring (bicyclic) bond motifs is 1. The first-order valence-corrected chi connectivity index (χ1v) is 5.27. The van der Waals surface area contributed by atoms with E-state index in [0.29, 0.717) is 12.5 Å². The van der Waals surface area contributed by atoms with Crippen molar-refractivity contribution < 1.29 is 0 Å². The molecule has 78 valence electrons. The zero-order valence-corrected chi connectivity index (χ0v) is 9.20. The van der Waals surface area contributed by atoms with Crippen LogP contribution >= 0.6 is 0 Å². The average Bonchev–Trinajstić information content (AvgIpc) is 2.28. The SMILES string of the molecule is Cc1nccc2ccc(C(C)CN)cc12. The third-order valence-electron chi connectivity index (χ3n) is 2.91. The lowest BCUT2D eigenvalue weighted by Gasteiger charge is -2.10. The van der Waals surface area contributed by atoms with Crippen LogP contribution in [0, 0.1) is 6.92 Å². The smallest absolute Gasteiger partial charge is 0.0451 e. The molecule has 1 aromatic carbocycles. The molecule has 0 aliphatic carbocycles. The molecule has 0 aliphatic rings. The summed E-state index contributed by atoms with van der Waals surface area (Å²) in [5, 5.41) is 2.48. The summed E-state index contributed by atoms with van der Waals surface area (Å²) in [6.45, 7) is 4.87. The maximum Gasteiger partial charge on any atom is 0.0451 e. The summed E-state index contributed by atoms with van der Waals surface area (Å²) >= 11 is 0. The molecule has 0 amide bonds. The molecule has 0 fully saturated rings. The minimum atomic E-state index is 0.411. The summed E-state index contributed by atoms with van der Waals surface area (Å²) in [6, 6.07) is 8.54. The van der Waals surface area contributed by atoms with Gasteiger partial charge in [0.1, 0.15) is 0 Å². The molecule has 0 bridgehead atoms. The first-order chi connectivity index (χ1) is 7.22. The van der Waals surface area contributed by atoms with Crippen molar-refractivity contribution in [3.63, 3.8) is 0 Å². The van der Waals surface area contributed by atoms with Crippen LogP contribution in [0.25, 0.3) is 10.8 Å². The van der Waals surface area contributed by atoms with Crippen molar-refractivity contribution in [3.8, 4) is 0 Å². The Morgan fingerprint density at radius 2 is 2.13 bits per heavy atom. The Hall–Kier alpha value is -1.41. The molecule has 2 nitrogen and oxygen atoms in total. The van der Waals surface area contributed by atoms with Crippen molar-refractivity contribution in [2.75, 3.05) is 6.54 Å². The number of aromatic nitrogens is 1. The fraction of sp³-hybridized carbons (Fsp3) is 0.308.